The van der Waals surface area contributed by atoms with Crippen LogP contribution in [-0.4, -0.2) is 21.6 Å². The zero-order chi connectivity index (χ0) is 19.6. The number of aromatic nitrogens is 1. The summed E-state index contributed by atoms with van der Waals surface area (Å²) in [5.74, 6) is -0.242. The van der Waals surface area contributed by atoms with Crippen LogP contribution in [0.25, 0.3) is 10.9 Å². The summed E-state index contributed by atoms with van der Waals surface area (Å²) in [4.78, 5) is 16.7. The smallest absolute Gasteiger partial charge is 0.227 e. The second kappa shape index (κ2) is 7.68. The largest absolute Gasteiger partial charge is 0.389 e. The van der Waals surface area contributed by atoms with E-state index in [2.05, 4.69) is 22.4 Å². The molecule has 4 rings (SSSR count). The Morgan fingerprint density at radius 3 is 2.57 bits per heavy atom. The van der Waals surface area contributed by atoms with Crippen molar-refractivity contribution in [3.05, 3.63) is 72.2 Å². The van der Waals surface area contributed by atoms with Crippen LogP contribution in [0.4, 0.5) is 10.1 Å². The number of aliphatic hydroxyl groups is 1. The average molecular weight is 378 g/mol. The summed E-state index contributed by atoms with van der Waals surface area (Å²) in [5, 5.41) is 14.8. The van der Waals surface area contributed by atoms with Crippen molar-refractivity contribution in [3.8, 4) is 0 Å². The van der Waals surface area contributed by atoms with Gasteiger partial charge in [0.05, 0.1) is 17.5 Å². The molecule has 0 atom stereocenters. The third kappa shape index (κ3) is 4.04. The van der Waals surface area contributed by atoms with Gasteiger partial charge < -0.3 is 10.4 Å². The summed E-state index contributed by atoms with van der Waals surface area (Å²) in [6, 6.07) is 15.8. The molecule has 0 unspecified atom stereocenters. The van der Waals surface area contributed by atoms with E-state index in [0.717, 1.165) is 23.7 Å². The van der Waals surface area contributed by atoms with Crippen LogP contribution in [0.5, 0.6) is 0 Å². The normalized spacial score (nSPS) is 22.1. The van der Waals surface area contributed by atoms with Gasteiger partial charge in [-0.05, 0) is 73.6 Å². The Kier molecular flexibility index (Phi) is 5.09. The van der Waals surface area contributed by atoms with E-state index in [1.165, 1.54) is 29.8 Å². The third-order valence-electron chi connectivity index (χ3n) is 5.66. The fourth-order valence-corrected chi connectivity index (χ4v) is 4.15. The maximum atomic E-state index is 13.0. The highest BCUT2D eigenvalue weighted by Crippen LogP contribution is 2.41. The van der Waals surface area contributed by atoms with Crippen molar-refractivity contribution in [3.63, 3.8) is 0 Å². The van der Waals surface area contributed by atoms with E-state index in [4.69, 9.17) is 0 Å². The minimum Gasteiger partial charge on any atom is -0.389 e. The molecule has 0 bridgehead atoms. The number of fused-ring (bicyclic) bond motifs is 1. The highest BCUT2D eigenvalue weighted by molar-refractivity contribution is 5.91. The van der Waals surface area contributed by atoms with Gasteiger partial charge in [0.1, 0.15) is 5.82 Å². The van der Waals surface area contributed by atoms with Crippen molar-refractivity contribution in [2.45, 2.75) is 43.6 Å². The highest BCUT2D eigenvalue weighted by atomic mass is 19.1. The number of pyridine rings is 1. The molecule has 1 aromatic heterocycles. The van der Waals surface area contributed by atoms with E-state index >= 15 is 0 Å². The zero-order valence-corrected chi connectivity index (χ0v) is 15.6. The number of halogens is 1. The number of rotatable bonds is 4. The van der Waals surface area contributed by atoms with Gasteiger partial charge >= 0.3 is 0 Å². The van der Waals surface area contributed by atoms with Crippen molar-refractivity contribution in [2.24, 2.45) is 0 Å². The molecule has 28 heavy (non-hydrogen) atoms. The lowest BCUT2D eigenvalue weighted by atomic mass is 9.74. The summed E-state index contributed by atoms with van der Waals surface area (Å²) in [5.41, 5.74) is 1.79. The Balaban J connectivity index is 1.39. The Hall–Kier alpha value is -2.79. The average Bonchev–Trinajstić information content (AvgIpc) is 2.70. The molecule has 0 aliphatic heterocycles. The SMILES string of the molecule is O=C(C[C@]1(O)CC[C@H](c2ccnc3ccccc32)CC1)Nc1ccc(F)cc1. The van der Waals surface area contributed by atoms with Crippen molar-refractivity contribution >= 4 is 22.5 Å². The molecule has 1 amide bonds. The van der Waals surface area contributed by atoms with Gasteiger partial charge in [0.2, 0.25) is 5.91 Å². The van der Waals surface area contributed by atoms with Crippen LogP contribution in [-0.2, 0) is 4.79 Å². The van der Waals surface area contributed by atoms with Gasteiger partial charge in [0.15, 0.2) is 0 Å². The van der Waals surface area contributed by atoms with Crippen molar-refractivity contribution in [1.82, 2.24) is 4.98 Å². The van der Waals surface area contributed by atoms with Crippen LogP contribution < -0.4 is 5.32 Å². The minimum absolute atomic E-state index is 0.0498. The number of benzene rings is 2. The minimum atomic E-state index is -0.997. The number of para-hydroxylation sites is 1. The van der Waals surface area contributed by atoms with Gasteiger partial charge in [-0.3, -0.25) is 9.78 Å². The number of carbonyl (C=O) groups is 1. The first kappa shape index (κ1) is 18.6. The number of hydrogen-bond donors (Lipinski definition) is 2. The van der Waals surface area contributed by atoms with Crippen LogP contribution in [0.3, 0.4) is 0 Å². The van der Waals surface area contributed by atoms with E-state index in [1.807, 2.05) is 24.4 Å². The molecule has 1 aliphatic carbocycles. The van der Waals surface area contributed by atoms with Crippen molar-refractivity contribution in [1.29, 1.82) is 0 Å². The fourth-order valence-electron chi connectivity index (χ4n) is 4.15. The van der Waals surface area contributed by atoms with Gasteiger partial charge in [-0.25, -0.2) is 4.39 Å². The summed E-state index contributed by atoms with van der Waals surface area (Å²) >= 11 is 0. The summed E-state index contributed by atoms with van der Waals surface area (Å²) < 4.78 is 13.0. The maximum Gasteiger partial charge on any atom is 0.227 e. The monoisotopic (exact) mass is 378 g/mol. The Labute approximate surface area is 163 Å². The molecule has 1 fully saturated rings. The molecular weight excluding hydrogens is 355 g/mol. The quantitative estimate of drug-likeness (QED) is 0.686. The Morgan fingerprint density at radius 1 is 1.11 bits per heavy atom. The predicted octanol–water partition coefficient (Wildman–Crippen LogP) is 4.79. The number of anilines is 1. The standard InChI is InChI=1S/C23H23FN2O2/c24-17-5-7-18(8-6-17)26-22(27)15-23(28)12-9-16(10-13-23)19-11-14-25-21-4-2-1-3-20(19)21/h1-8,11,14,16,28H,9-10,12-13,15H2,(H,26,27)/t16-,23-. The highest BCUT2D eigenvalue weighted by Gasteiger charge is 2.36. The predicted molar refractivity (Wildman–Crippen MR) is 108 cm³/mol. The topological polar surface area (TPSA) is 62.2 Å². The van der Waals surface area contributed by atoms with E-state index in [1.54, 1.807) is 0 Å². The molecule has 3 aromatic rings. The van der Waals surface area contributed by atoms with Crippen LogP contribution >= 0.6 is 0 Å². The molecule has 0 spiro atoms. The Bertz CT molecular complexity index is 974. The first-order valence-corrected chi connectivity index (χ1v) is 9.64. The fraction of sp³-hybridized carbons (Fsp3) is 0.304. The van der Waals surface area contributed by atoms with Crippen LogP contribution in [0.15, 0.2) is 60.8 Å². The summed E-state index contributed by atoms with van der Waals surface area (Å²) in [6.07, 6.45) is 4.70. The van der Waals surface area contributed by atoms with Crippen molar-refractivity contribution in [2.75, 3.05) is 5.32 Å². The molecule has 2 aromatic carbocycles. The summed E-state index contributed by atoms with van der Waals surface area (Å²) in [7, 11) is 0. The van der Waals surface area contributed by atoms with Gasteiger partial charge in [-0.2, -0.15) is 0 Å². The number of amides is 1. The molecule has 1 aliphatic rings. The molecular formula is C23H23FN2O2. The van der Waals surface area contributed by atoms with E-state index in [-0.39, 0.29) is 18.1 Å². The second-order valence-corrected chi connectivity index (χ2v) is 7.65. The first-order chi connectivity index (χ1) is 13.5. The third-order valence-corrected chi connectivity index (χ3v) is 5.66. The van der Waals surface area contributed by atoms with E-state index < -0.39 is 5.60 Å². The molecule has 1 saturated carbocycles. The second-order valence-electron chi connectivity index (χ2n) is 7.65. The number of nitrogens with zero attached hydrogens (tertiary/aromatic N) is 1. The number of carbonyl (C=O) groups excluding carboxylic acids is 1. The molecule has 5 heteroatoms. The molecule has 1 heterocycles. The first-order valence-electron chi connectivity index (χ1n) is 9.64. The van der Waals surface area contributed by atoms with Crippen molar-refractivity contribution < 1.29 is 14.3 Å². The van der Waals surface area contributed by atoms with E-state index in [9.17, 15) is 14.3 Å². The molecule has 0 radical (unpaired) electrons. The van der Waals surface area contributed by atoms with Gasteiger partial charge in [-0.15, -0.1) is 0 Å². The lowest BCUT2D eigenvalue weighted by Gasteiger charge is -2.36. The van der Waals surface area contributed by atoms with Crippen LogP contribution in [0.2, 0.25) is 0 Å². The van der Waals surface area contributed by atoms with Crippen LogP contribution in [0, 0.1) is 5.82 Å². The maximum absolute atomic E-state index is 13.0. The molecule has 2 N–H and O–H groups in total. The molecule has 4 nitrogen and oxygen atoms in total. The lowest BCUT2D eigenvalue weighted by molar-refractivity contribution is -0.122. The Morgan fingerprint density at radius 2 is 1.82 bits per heavy atom. The molecule has 0 saturated heterocycles. The summed E-state index contributed by atoms with van der Waals surface area (Å²) in [6.45, 7) is 0. The van der Waals surface area contributed by atoms with Gasteiger partial charge in [-0.1, -0.05) is 18.2 Å². The number of nitrogens with one attached hydrogen (secondary N) is 1. The zero-order valence-electron chi connectivity index (χ0n) is 15.6. The van der Waals surface area contributed by atoms with Gasteiger partial charge in [0, 0.05) is 17.3 Å². The lowest BCUT2D eigenvalue weighted by Crippen LogP contribution is -2.37. The van der Waals surface area contributed by atoms with E-state index in [0.29, 0.717) is 24.4 Å². The van der Waals surface area contributed by atoms with Crippen LogP contribution in [0.1, 0.15) is 43.6 Å². The number of hydrogen-bond acceptors (Lipinski definition) is 3. The molecule has 144 valence electrons. The van der Waals surface area contributed by atoms with Gasteiger partial charge in [0.25, 0.3) is 0 Å².